The summed E-state index contributed by atoms with van der Waals surface area (Å²) in [7, 11) is 0. The molecule has 2 heteroatoms. The normalized spacial score (nSPS) is 10.5. The molecule has 0 amide bonds. The molecule has 0 aliphatic rings. The van der Waals surface area contributed by atoms with Crippen LogP contribution in [0, 0.1) is 13.8 Å². The molecule has 2 aromatic carbocycles. The van der Waals surface area contributed by atoms with Crippen LogP contribution < -0.4 is 5.73 Å². The summed E-state index contributed by atoms with van der Waals surface area (Å²) in [6, 6.07) is 14.7. The van der Waals surface area contributed by atoms with Crippen molar-refractivity contribution in [1.82, 2.24) is 0 Å². The van der Waals surface area contributed by atoms with Gasteiger partial charge in [-0.15, -0.1) is 11.8 Å². The average Bonchev–Trinajstić information content (AvgIpc) is 2.25. The fraction of sp³-hybridized carbons (Fsp3) is 0.200. The van der Waals surface area contributed by atoms with Gasteiger partial charge < -0.3 is 5.73 Å². The van der Waals surface area contributed by atoms with E-state index in [1.165, 1.54) is 21.6 Å². The minimum Gasteiger partial charge on any atom is -0.399 e. The quantitative estimate of drug-likeness (QED) is 0.646. The SMILES string of the molecule is Cc1cc(C)cc(CSc2cccc(N)c2)c1. The van der Waals surface area contributed by atoms with Crippen LogP contribution in [0.25, 0.3) is 0 Å². The molecule has 17 heavy (non-hydrogen) atoms. The van der Waals surface area contributed by atoms with Crippen molar-refractivity contribution in [3.8, 4) is 0 Å². The summed E-state index contributed by atoms with van der Waals surface area (Å²) in [6.07, 6.45) is 0. The van der Waals surface area contributed by atoms with Gasteiger partial charge in [-0.3, -0.25) is 0 Å². The Labute approximate surface area is 107 Å². The Hall–Kier alpha value is -1.41. The Balaban J connectivity index is 2.07. The highest BCUT2D eigenvalue weighted by molar-refractivity contribution is 7.98. The largest absolute Gasteiger partial charge is 0.399 e. The maximum atomic E-state index is 5.76. The third kappa shape index (κ3) is 3.53. The van der Waals surface area contributed by atoms with Gasteiger partial charge in [0.1, 0.15) is 0 Å². The smallest absolute Gasteiger partial charge is 0.0325 e. The molecule has 0 bridgehead atoms. The van der Waals surface area contributed by atoms with Crippen LogP contribution >= 0.6 is 11.8 Å². The number of nitrogen functional groups attached to an aromatic ring is 1. The van der Waals surface area contributed by atoms with Gasteiger partial charge >= 0.3 is 0 Å². The van der Waals surface area contributed by atoms with Crippen LogP contribution in [0.2, 0.25) is 0 Å². The highest BCUT2D eigenvalue weighted by Crippen LogP contribution is 2.25. The summed E-state index contributed by atoms with van der Waals surface area (Å²) in [4.78, 5) is 1.23. The lowest BCUT2D eigenvalue weighted by Gasteiger charge is -2.05. The van der Waals surface area contributed by atoms with E-state index in [4.69, 9.17) is 5.73 Å². The molecule has 0 saturated carbocycles. The molecule has 0 spiro atoms. The third-order valence-electron chi connectivity index (χ3n) is 2.55. The molecule has 0 aromatic heterocycles. The number of hydrogen-bond acceptors (Lipinski definition) is 2. The first kappa shape index (κ1) is 12.1. The van der Waals surface area contributed by atoms with Crippen molar-refractivity contribution >= 4 is 17.4 Å². The van der Waals surface area contributed by atoms with Crippen molar-refractivity contribution in [2.75, 3.05) is 5.73 Å². The topological polar surface area (TPSA) is 26.0 Å². The van der Waals surface area contributed by atoms with Crippen LogP contribution in [-0.2, 0) is 5.75 Å². The first-order valence-corrected chi connectivity index (χ1v) is 6.67. The number of aryl methyl sites for hydroxylation is 2. The minimum atomic E-state index is 0.829. The van der Waals surface area contributed by atoms with Crippen molar-refractivity contribution in [2.45, 2.75) is 24.5 Å². The lowest BCUT2D eigenvalue weighted by atomic mass is 10.1. The molecule has 0 atom stereocenters. The molecule has 0 heterocycles. The predicted octanol–water partition coefficient (Wildman–Crippen LogP) is 4.18. The number of thioether (sulfide) groups is 1. The molecule has 0 fully saturated rings. The molecule has 0 aliphatic carbocycles. The third-order valence-corrected chi connectivity index (χ3v) is 3.61. The summed E-state index contributed by atoms with van der Waals surface area (Å²) in [6.45, 7) is 4.28. The van der Waals surface area contributed by atoms with Gasteiger partial charge in [0.25, 0.3) is 0 Å². The highest BCUT2D eigenvalue weighted by Gasteiger charge is 1.99. The van der Waals surface area contributed by atoms with E-state index in [-0.39, 0.29) is 0 Å². The summed E-state index contributed by atoms with van der Waals surface area (Å²) < 4.78 is 0. The molecule has 0 unspecified atom stereocenters. The van der Waals surface area contributed by atoms with Gasteiger partial charge in [-0.2, -0.15) is 0 Å². The van der Waals surface area contributed by atoms with E-state index < -0.39 is 0 Å². The van der Waals surface area contributed by atoms with Crippen molar-refractivity contribution in [3.63, 3.8) is 0 Å². The van der Waals surface area contributed by atoms with E-state index in [0.717, 1.165) is 11.4 Å². The molecular weight excluding hydrogens is 226 g/mol. The molecule has 1 nitrogen and oxygen atoms in total. The first-order valence-electron chi connectivity index (χ1n) is 5.69. The Morgan fingerprint density at radius 2 is 1.71 bits per heavy atom. The van der Waals surface area contributed by atoms with Crippen LogP contribution in [-0.4, -0.2) is 0 Å². The van der Waals surface area contributed by atoms with Gasteiger partial charge in [0.2, 0.25) is 0 Å². The van der Waals surface area contributed by atoms with Crippen LogP contribution in [0.5, 0.6) is 0 Å². The summed E-state index contributed by atoms with van der Waals surface area (Å²) in [5.41, 5.74) is 10.6. The second-order valence-corrected chi connectivity index (χ2v) is 5.41. The van der Waals surface area contributed by atoms with E-state index in [0.29, 0.717) is 0 Å². The number of benzene rings is 2. The first-order chi connectivity index (χ1) is 8.13. The zero-order valence-electron chi connectivity index (χ0n) is 10.2. The van der Waals surface area contributed by atoms with E-state index in [2.05, 4.69) is 38.1 Å². The zero-order chi connectivity index (χ0) is 12.3. The van der Waals surface area contributed by atoms with Gasteiger partial charge in [-0.25, -0.2) is 0 Å². The average molecular weight is 243 g/mol. The van der Waals surface area contributed by atoms with Crippen LogP contribution in [0.15, 0.2) is 47.4 Å². The molecule has 88 valence electrons. The van der Waals surface area contributed by atoms with Crippen molar-refractivity contribution in [1.29, 1.82) is 0 Å². The van der Waals surface area contributed by atoms with E-state index >= 15 is 0 Å². The van der Waals surface area contributed by atoms with E-state index in [1.807, 2.05) is 30.0 Å². The number of anilines is 1. The van der Waals surface area contributed by atoms with Crippen LogP contribution in [0.1, 0.15) is 16.7 Å². The summed E-state index contributed by atoms with van der Waals surface area (Å²) in [5.74, 6) is 0.992. The van der Waals surface area contributed by atoms with Crippen molar-refractivity contribution < 1.29 is 0 Å². The van der Waals surface area contributed by atoms with Crippen LogP contribution in [0.3, 0.4) is 0 Å². The maximum Gasteiger partial charge on any atom is 0.0325 e. The monoisotopic (exact) mass is 243 g/mol. The van der Waals surface area contributed by atoms with E-state index in [9.17, 15) is 0 Å². The lowest BCUT2D eigenvalue weighted by molar-refractivity contribution is 1.29. The highest BCUT2D eigenvalue weighted by atomic mass is 32.2. The predicted molar refractivity (Wildman–Crippen MR) is 76.3 cm³/mol. The van der Waals surface area contributed by atoms with Gasteiger partial charge in [0, 0.05) is 16.3 Å². The zero-order valence-corrected chi connectivity index (χ0v) is 11.1. The Morgan fingerprint density at radius 3 is 2.35 bits per heavy atom. The summed E-state index contributed by atoms with van der Waals surface area (Å²) >= 11 is 1.83. The van der Waals surface area contributed by atoms with E-state index in [1.54, 1.807) is 0 Å². The Kier molecular flexibility index (Phi) is 3.75. The Morgan fingerprint density at radius 1 is 1.00 bits per heavy atom. The molecule has 0 aliphatic heterocycles. The number of nitrogens with two attached hydrogens (primary N) is 1. The molecular formula is C15H17NS. The minimum absolute atomic E-state index is 0.829. The molecule has 2 rings (SSSR count). The standard InChI is InChI=1S/C15H17NS/c1-11-6-12(2)8-13(7-11)10-17-15-5-3-4-14(16)9-15/h3-9H,10,16H2,1-2H3. The maximum absolute atomic E-state index is 5.76. The fourth-order valence-electron chi connectivity index (χ4n) is 1.92. The molecule has 0 radical (unpaired) electrons. The fourth-order valence-corrected chi connectivity index (χ4v) is 2.82. The lowest BCUT2D eigenvalue weighted by Crippen LogP contribution is -1.86. The second-order valence-electron chi connectivity index (χ2n) is 4.36. The van der Waals surface area contributed by atoms with Gasteiger partial charge in [-0.05, 0) is 37.6 Å². The molecule has 0 saturated heterocycles. The second kappa shape index (κ2) is 5.28. The molecule has 2 N–H and O–H groups in total. The van der Waals surface area contributed by atoms with Gasteiger partial charge in [-0.1, -0.05) is 35.4 Å². The Bertz CT molecular complexity index is 500. The number of hydrogen-bond donors (Lipinski definition) is 1. The van der Waals surface area contributed by atoms with Crippen LogP contribution in [0.4, 0.5) is 5.69 Å². The van der Waals surface area contributed by atoms with Gasteiger partial charge in [0.05, 0.1) is 0 Å². The summed E-state index contributed by atoms with van der Waals surface area (Å²) in [5, 5.41) is 0. The molecule has 2 aromatic rings. The van der Waals surface area contributed by atoms with Gasteiger partial charge in [0.15, 0.2) is 0 Å². The number of rotatable bonds is 3. The van der Waals surface area contributed by atoms with Crippen molar-refractivity contribution in [2.24, 2.45) is 0 Å². The van der Waals surface area contributed by atoms with Crippen molar-refractivity contribution in [3.05, 3.63) is 59.2 Å².